The maximum absolute atomic E-state index is 7.83. The molecule has 0 fully saturated rings. The van der Waals surface area contributed by atoms with E-state index in [2.05, 4.69) is 0 Å². The van der Waals surface area contributed by atoms with Crippen LogP contribution in [-0.4, -0.2) is 0 Å². The van der Waals surface area contributed by atoms with Gasteiger partial charge in [0.1, 0.15) is 0 Å². The third-order valence-corrected chi connectivity index (χ3v) is 0.387. The zero-order valence-electron chi connectivity index (χ0n) is 3.42. The van der Waals surface area contributed by atoms with Crippen LogP contribution in [0.4, 0.5) is 0 Å². The van der Waals surface area contributed by atoms with Crippen molar-refractivity contribution in [2.75, 3.05) is 0 Å². The average molecular weight is 91.1 g/mol. The second-order valence-electron chi connectivity index (χ2n) is 0.820. The largest absolute Gasteiger partial charge is 0.218 e. The summed E-state index contributed by atoms with van der Waals surface area (Å²) in [7, 11) is 0. The van der Waals surface area contributed by atoms with Crippen molar-refractivity contribution in [2.45, 2.75) is 0 Å². The number of nitrogens with zero attached hydrogens (tertiary/aromatic N) is 3. The van der Waals surface area contributed by atoms with Crippen LogP contribution in [0.2, 0.25) is 0 Å². The molecule has 0 saturated heterocycles. The molecule has 0 radical (unpaired) electrons. The van der Waals surface area contributed by atoms with Crippen molar-refractivity contribution in [1.82, 2.24) is 0 Å². The smallest absolute Gasteiger partial charge is 0.196 e. The first kappa shape index (κ1) is 5.47. The molecule has 0 aromatic heterocycles. The molecule has 3 nitrogen and oxygen atoms in total. The van der Waals surface area contributed by atoms with Crippen molar-refractivity contribution < 1.29 is 0 Å². The minimum absolute atomic E-state index is 1.10. The van der Waals surface area contributed by atoms with Crippen molar-refractivity contribution >= 4 is 0 Å². The molecule has 0 aliphatic carbocycles. The Morgan fingerprint density at radius 1 is 0.857 bits per heavy atom. The quantitative estimate of drug-likeness (QED) is 0.426. The summed E-state index contributed by atoms with van der Waals surface area (Å²) in [6.07, 6.45) is 0. The molecule has 0 bridgehead atoms. The van der Waals surface area contributed by atoms with E-state index in [0.717, 1.165) is 0 Å². The molecule has 0 aromatic carbocycles. The van der Waals surface area contributed by atoms with Crippen molar-refractivity contribution in [3.63, 3.8) is 0 Å². The van der Waals surface area contributed by atoms with E-state index in [1.54, 1.807) is 0 Å². The molecule has 0 aliphatic heterocycles. The molecule has 0 aliphatic rings. The number of hydrogen-bond acceptors (Lipinski definition) is 3. The van der Waals surface area contributed by atoms with Crippen LogP contribution in [0.5, 0.6) is 0 Å². The highest BCUT2D eigenvalue weighted by Crippen LogP contribution is 1.83. The molecule has 0 rings (SSSR count). The standard InChI is InChI=1S/C4HN3/c5-1-4(2-6)3-7/h4H. The van der Waals surface area contributed by atoms with Gasteiger partial charge in [-0.3, -0.25) is 0 Å². The van der Waals surface area contributed by atoms with Crippen LogP contribution in [0.1, 0.15) is 0 Å². The maximum atomic E-state index is 7.83. The molecule has 0 amide bonds. The Morgan fingerprint density at radius 3 is 1.14 bits per heavy atom. The zero-order chi connectivity index (χ0) is 5.70. The summed E-state index contributed by atoms with van der Waals surface area (Å²) in [6.45, 7) is 0. The topological polar surface area (TPSA) is 71.4 Å². The van der Waals surface area contributed by atoms with E-state index in [4.69, 9.17) is 15.8 Å². The third kappa shape index (κ3) is 1.36. The van der Waals surface area contributed by atoms with Gasteiger partial charge in [-0.2, -0.15) is 15.8 Å². The second-order valence-corrected chi connectivity index (χ2v) is 0.820. The summed E-state index contributed by atoms with van der Waals surface area (Å²) < 4.78 is 0. The van der Waals surface area contributed by atoms with Gasteiger partial charge in [0, 0.05) is 0 Å². The van der Waals surface area contributed by atoms with Crippen LogP contribution in [0.15, 0.2) is 0 Å². The Hall–Kier alpha value is -1.53. The minimum Gasteiger partial charge on any atom is -0.196 e. The molecule has 7 heavy (non-hydrogen) atoms. The molecule has 32 valence electrons. The fourth-order valence-electron chi connectivity index (χ4n) is 0.0866. The Bertz CT molecular complexity index is 130. The van der Waals surface area contributed by atoms with Gasteiger partial charge < -0.3 is 0 Å². The van der Waals surface area contributed by atoms with Gasteiger partial charge in [0.2, 0.25) is 5.92 Å². The summed E-state index contributed by atoms with van der Waals surface area (Å²) in [5, 5.41) is 23.5. The Balaban J connectivity index is 3.82. The van der Waals surface area contributed by atoms with Gasteiger partial charge in [0.25, 0.3) is 0 Å². The number of rotatable bonds is 0. The van der Waals surface area contributed by atoms with Gasteiger partial charge in [-0.15, -0.1) is 0 Å². The molecule has 0 atom stereocenters. The molecule has 0 heterocycles. The number of nitriles is 3. The summed E-state index contributed by atoms with van der Waals surface area (Å²) >= 11 is 0. The molecular weight excluding hydrogens is 90.1 g/mol. The lowest BCUT2D eigenvalue weighted by Gasteiger charge is -1.69. The van der Waals surface area contributed by atoms with E-state index in [1.165, 1.54) is 18.2 Å². The van der Waals surface area contributed by atoms with Crippen molar-refractivity contribution in [1.29, 1.82) is 15.8 Å². The molecule has 0 N–H and O–H groups in total. The van der Waals surface area contributed by atoms with Crippen LogP contribution in [-0.2, 0) is 0 Å². The predicted octanol–water partition coefficient (Wildman–Crippen LogP) is 0.173. The normalized spacial score (nSPS) is 6.00. The summed E-state index contributed by atoms with van der Waals surface area (Å²) in [5.74, 6) is -1.10. The Morgan fingerprint density at radius 2 is 1.14 bits per heavy atom. The van der Waals surface area contributed by atoms with Crippen molar-refractivity contribution in [2.24, 2.45) is 5.92 Å². The lowest BCUT2D eigenvalue weighted by Crippen LogP contribution is -1.82. The molecule has 0 saturated carbocycles. The summed E-state index contributed by atoms with van der Waals surface area (Å²) in [4.78, 5) is 0. The average Bonchev–Trinajstić information content (AvgIpc) is 1.72. The van der Waals surface area contributed by atoms with Gasteiger partial charge in [0.15, 0.2) is 0 Å². The zero-order valence-corrected chi connectivity index (χ0v) is 3.42. The third-order valence-electron chi connectivity index (χ3n) is 0.387. The SMILES string of the molecule is N#CC(C#N)C#N. The Kier molecular flexibility index (Phi) is 2.10. The van der Waals surface area contributed by atoms with Gasteiger partial charge in [0.05, 0.1) is 18.2 Å². The second kappa shape index (κ2) is 2.69. The van der Waals surface area contributed by atoms with Gasteiger partial charge in [-0.05, 0) is 0 Å². The minimum atomic E-state index is -1.10. The lowest BCUT2D eigenvalue weighted by atomic mass is 10.2. The molecular formula is C4HN3. The van der Waals surface area contributed by atoms with Crippen LogP contribution in [0, 0.1) is 39.9 Å². The van der Waals surface area contributed by atoms with Crippen molar-refractivity contribution in [3.05, 3.63) is 0 Å². The first-order chi connectivity index (χ1) is 3.35. The molecule has 0 spiro atoms. The number of hydrogen-bond donors (Lipinski definition) is 0. The fourth-order valence-corrected chi connectivity index (χ4v) is 0.0866. The van der Waals surface area contributed by atoms with Crippen LogP contribution < -0.4 is 0 Å². The monoisotopic (exact) mass is 91.0 g/mol. The lowest BCUT2D eigenvalue weighted by molar-refractivity contribution is 1.10. The highest BCUT2D eigenvalue weighted by molar-refractivity contribution is 5.11. The van der Waals surface area contributed by atoms with E-state index >= 15 is 0 Å². The van der Waals surface area contributed by atoms with Gasteiger partial charge in [-0.1, -0.05) is 0 Å². The first-order valence-corrected chi connectivity index (χ1v) is 1.54. The Labute approximate surface area is 41.0 Å². The van der Waals surface area contributed by atoms with Gasteiger partial charge >= 0.3 is 0 Å². The highest BCUT2D eigenvalue weighted by Gasteiger charge is 1.97. The van der Waals surface area contributed by atoms with E-state index in [0.29, 0.717) is 0 Å². The summed E-state index contributed by atoms with van der Waals surface area (Å²) in [5.41, 5.74) is 0. The van der Waals surface area contributed by atoms with Crippen LogP contribution in [0.25, 0.3) is 0 Å². The van der Waals surface area contributed by atoms with Crippen molar-refractivity contribution in [3.8, 4) is 18.2 Å². The molecule has 3 heteroatoms. The first-order valence-electron chi connectivity index (χ1n) is 1.54. The van der Waals surface area contributed by atoms with E-state index < -0.39 is 5.92 Å². The van der Waals surface area contributed by atoms with Gasteiger partial charge in [-0.25, -0.2) is 0 Å². The van der Waals surface area contributed by atoms with Crippen LogP contribution in [0.3, 0.4) is 0 Å². The fraction of sp³-hybridized carbons (Fsp3) is 0.250. The molecule has 0 aromatic rings. The van der Waals surface area contributed by atoms with E-state index in [9.17, 15) is 0 Å². The molecule has 0 unspecified atom stereocenters. The van der Waals surface area contributed by atoms with E-state index in [1.807, 2.05) is 0 Å². The van der Waals surface area contributed by atoms with E-state index in [-0.39, 0.29) is 0 Å². The predicted molar refractivity (Wildman–Crippen MR) is 20.3 cm³/mol. The highest BCUT2D eigenvalue weighted by atomic mass is 14.3. The van der Waals surface area contributed by atoms with Crippen LogP contribution >= 0.6 is 0 Å². The summed E-state index contributed by atoms with van der Waals surface area (Å²) in [6, 6.07) is 4.44. The maximum Gasteiger partial charge on any atom is 0.218 e.